The van der Waals surface area contributed by atoms with E-state index < -0.39 is 0 Å². The second kappa shape index (κ2) is 9.06. The molecule has 0 spiro atoms. The van der Waals surface area contributed by atoms with Crippen molar-refractivity contribution in [3.63, 3.8) is 0 Å². The van der Waals surface area contributed by atoms with Gasteiger partial charge in [0.2, 0.25) is 0 Å². The average molecular weight is 462 g/mol. The highest BCUT2D eigenvalue weighted by Gasteiger charge is 2.39. The lowest BCUT2D eigenvalue weighted by Gasteiger charge is -2.46. The smallest absolute Gasteiger partial charge is 0.250 e. The zero-order valence-corrected chi connectivity index (χ0v) is 19.8. The molecule has 0 unspecified atom stereocenters. The number of methoxy groups -OCH3 is 1. The first-order valence-corrected chi connectivity index (χ1v) is 11.9. The first-order valence-electron chi connectivity index (χ1n) is 11.5. The molecule has 2 fully saturated rings. The highest BCUT2D eigenvalue weighted by Crippen LogP contribution is 2.41. The van der Waals surface area contributed by atoms with E-state index in [1.165, 1.54) is 5.56 Å². The van der Waals surface area contributed by atoms with Crippen molar-refractivity contribution in [1.29, 1.82) is 0 Å². The number of nitrogens with zero attached hydrogens (tertiary/aromatic N) is 3. The van der Waals surface area contributed by atoms with Gasteiger partial charge in [0.05, 0.1) is 30.9 Å². The number of benzene rings is 2. The predicted molar refractivity (Wildman–Crippen MR) is 131 cm³/mol. The Hall–Kier alpha value is -3.05. The monoisotopic (exact) mass is 461 g/mol. The molecular formula is C27H28ClN3O2. The summed E-state index contributed by atoms with van der Waals surface area (Å²) in [6.45, 7) is 1.96. The minimum Gasteiger partial charge on any atom is -0.495 e. The highest BCUT2D eigenvalue weighted by atomic mass is 35.5. The Labute approximate surface area is 199 Å². The van der Waals surface area contributed by atoms with Gasteiger partial charge in [-0.05, 0) is 80.5 Å². The van der Waals surface area contributed by atoms with E-state index in [1.807, 2.05) is 54.1 Å². The molecule has 2 aliphatic heterocycles. The summed E-state index contributed by atoms with van der Waals surface area (Å²) >= 11 is 6.10. The molecule has 3 heterocycles. The van der Waals surface area contributed by atoms with Crippen molar-refractivity contribution in [1.82, 2.24) is 14.5 Å². The van der Waals surface area contributed by atoms with E-state index in [0.29, 0.717) is 6.04 Å². The second-order valence-corrected chi connectivity index (χ2v) is 9.36. The maximum Gasteiger partial charge on any atom is 0.250 e. The number of piperidine rings is 2. The summed E-state index contributed by atoms with van der Waals surface area (Å²) in [5.74, 6) is 0.902. The van der Waals surface area contributed by atoms with Crippen molar-refractivity contribution in [3.05, 3.63) is 82.4 Å². The molecule has 2 aromatic carbocycles. The van der Waals surface area contributed by atoms with Crippen molar-refractivity contribution in [3.8, 4) is 11.4 Å². The van der Waals surface area contributed by atoms with Crippen LogP contribution in [0.4, 0.5) is 0 Å². The Bertz CT molecular complexity index is 1200. The first kappa shape index (κ1) is 21.8. The molecule has 1 amide bonds. The van der Waals surface area contributed by atoms with E-state index in [-0.39, 0.29) is 11.9 Å². The molecule has 2 aliphatic rings. The number of amides is 1. The van der Waals surface area contributed by atoms with Crippen LogP contribution in [0.15, 0.2) is 60.6 Å². The van der Waals surface area contributed by atoms with Gasteiger partial charge in [-0.2, -0.15) is 0 Å². The van der Waals surface area contributed by atoms with Gasteiger partial charge in [0.1, 0.15) is 5.75 Å². The number of aromatic nitrogens is 2. The van der Waals surface area contributed by atoms with Crippen molar-refractivity contribution in [2.24, 2.45) is 0 Å². The van der Waals surface area contributed by atoms with E-state index in [0.717, 1.165) is 65.4 Å². The van der Waals surface area contributed by atoms with Crippen LogP contribution in [0.1, 0.15) is 55.0 Å². The summed E-state index contributed by atoms with van der Waals surface area (Å²) in [5, 5.41) is 0.722. The predicted octanol–water partition coefficient (Wildman–Crippen LogP) is 6.14. The Morgan fingerprint density at radius 3 is 2.67 bits per heavy atom. The number of hydrogen-bond donors (Lipinski definition) is 0. The lowest BCUT2D eigenvalue weighted by Crippen LogP contribution is -2.49. The van der Waals surface area contributed by atoms with E-state index in [9.17, 15) is 4.79 Å². The molecule has 5 rings (SSSR count). The Balaban J connectivity index is 1.44. The van der Waals surface area contributed by atoms with Gasteiger partial charge in [-0.1, -0.05) is 29.8 Å². The van der Waals surface area contributed by atoms with Gasteiger partial charge in [-0.15, -0.1) is 0 Å². The van der Waals surface area contributed by atoms with Crippen LogP contribution in [0.5, 0.6) is 5.75 Å². The summed E-state index contributed by atoms with van der Waals surface area (Å²) in [7, 11) is 1.67. The minimum absolute atomic E-state index is 0.110. The number of fused-ring (bicyclic) bond motifs is 1. The number of halogens is 1. The summed E-state index contributed by atoms with van der Waals surface area (Å²) in [4.78, 5) is 20.1. The third kappa shape index (κ3) is 4.30. The fourth-order valence-corrected chi connectivity index (χ4v) is 5.29. The van der Waals surface area contributed by atoms with Crippen LogP contribution < -0.4 is 4.74 Å². The number of rotatable bonds is 4. The number of carbonyl (C=O) groups is 1. The van der Waals surface area contributed by atoms with Gasteiger partial charge in [-0.25, -0.2) is 4.98 Å². The summed E-state index contributed by atoms with van der Waals surface area (Å²) < 4.78 is 7.60. The largest absolute Gasteiger partial charge is 0.495 e. The first-order chi connectivity index (χ1) is 16.0. The molecule has 5 nitrogen and oxygen atoms in total. The quantitative estimate of drug-likeness (QED) is 0.438. The second-order valence-electron chi connectivity index (χ2n) is 8.93. The van der Waals surface area contributed by atoms with E-state index >= 15 is 0 Å². The normalized spacial score (nSPS) is 21.8. The van der Waals surface area contributed by atoms with Gasteiger partial charge >= 0.3 is 0 Å². The van der Waals surface area contributed by atoms with Crippen LogP contribution >= 0.6 is 11.6 Å². The number of ether oxygens (including phenoxy) is 1. The molecule has 2 saturated heterocycles. The van der Waals surface area contributed by atoms with Crippen LogP contribution in [0.25, 0.3) is 11.8 Å². The highest BCUT2D eigenvalue weighted by molar-refractivity contribution is 6.30. The molecule has 0 saturated carbocycles. The SMILES string of the molecule is COc1cc(C=C2CC[C@H]3CCC[C@H](c4ccc(Cl)cc4)N3C2=O)ccc1-n1cnc(C)c1. The molecule has 33 heavy (non-hydrogen) atoms. The molecule has 6 heteroatoms. The average Bonchev–Trinajstić information content (AvgIpc) is 3.27. The minimum atomic E-state index is 0.110. The third-order valence-corrected chi connectivity index (χ3v) is 7.04. The zero-order chi connectivity index (χ0) is 22.9. The molecule has 0 aliphatic carbocycles. The number of carbonyl (C=O) groups excluding carboxylic acids is 1. The Morgan fingerprint density at radius 1 is 1.12 bits per heavy atom. The molecule has 3 aromatic rings. The number of imidazole rings is 1. The maximum atomic E-state index is 13.6. The van der Waals surface area contributed by atoms with Crippen LogP contribution in [0, 0.1) is 6.92 Å². The Kier molecular flexibility index (Phi) is 5.98. The number of aryl methyl sites for hydroxylation is 1. The lowest BCUT2D eigenvalue weighted by atomic mass is 9.84. The van der Waals surface area contributed by atoms with Gasteiger partial charge < -0.3 is 14.2 Å². The van der Waals surface area contributed by atoms with Crippen LogP contribution in [0.3, 0.4) is 0 Å². The molecule has 2 atom stereocenters. The third-order valence-electron chi connectivity index (χ3n) is 6.79. The molecule has 0 bridgehead atoms. The van der Waals surface area contributed by atoms with Gasteiger partial charge in [0.15, 0.2) is 0 Å². The van der Waals surface area contributed by atoms with Gasteiger partial charge in [0.25, 0.3) is 5.91 Å². The summed E-state index contributed by atoms with van der Waals surface area (Å²) in [5.41, 5.74) is 4.87. The van der Waals surface area contributed by atoms with E-state index in [2.05, 4.69) is 22.0 Å². The molecule has 1 aromatic heterocycles. The topological polar surface area (TPSA) is 47.4 Å². The fourth-order valence-electron chi connectivity index (χ4n) is 5.16. The van der Waals surface area contributed by atoms with Crippen LogP contribution in [-0.2, 0) is 4.79 Å². The number of hydrogen-bond acceptors (Lipinski definition) is 3. The van der Waals surface area contributed by atoms with Crippen molar-refractivity contribution >= 4 is 23.6 Å². The lowest BCUT2D eigenvalue weighted by molar-refractivity contribution is -0.136. The van der Waals surface area contributed by atoms with Gasteiger partial charge in [-0.3, -0.25) is 4.79 Å². The van der Waals surface area contributed by atoms with Crippen LogP contribution in [-0.4, -0.2) is 33.5 Å². The van der Waals surface area contributed by atoms with E-state index in [4.69, 9.17) is 16.3 Å². The van der Waals surface area contributed by atoms with Crippen molar-refractivity contribution in [2.45, 2.75) is 51.1 Å². The fraction of sp³-hybridized carbons (Fsp3) is 0.333. The van der Waals surface area contributed by atoms with Crippen LogP contribution in [0.2, 0.25) is 5.02 Å². The molecular weight excluding hydrogens is 434 g/mol. The maximum absolute atomic E-state index is 13.6. The molecule has 0 N–H and O–H groups in total. The standard InChI is InChI=1S/C27H28ClN3O2/c1-18-16-30(17-29-18)25-13-6-19(15-26(25)33-2)14-21-9-12-23-4-3-5-24(31(23)27(21)32)20-7-10-22(28)11-8-20/h6-8,10-11,13-17,23-24H,3-5,9,12H2,1-2H3/t23-,24-/m1/s1. The van der Waals surface area contributed by atoms with Crippen molar-refractivity contribution in [2.75, 3.05) is 7.11 Å². The Morgan fingerprint density at radius 2 is 1.94 bits per heavy atom. The molecule has 0 radical (unpaired) electrons. The molecule has 170 valence electrons. The summed E-state index contributed by atoms with van der Waals surface area (Å²) in [6, 6.07) is 14.4. The van der Waals surface area contributed by atoms with E-state index in [1.54, 1.807) is 13.4 Å². The summed E-state index contributed by atoms with van der Waals surface area (Å²) in [6.07, 6.45) is 10.8. The van der Waals surface area contributed by atoms with Gasteiger partial charge in [0, 0.05) is 22.8 Å². The zero-order valence-electron chi connectivity index (χ0n) is 19.0. The van der Waals surface area contributed by atoms with Crippen molar-refractivity contribution < 1.29 is 9.53 Å².